The average Bonchev–Trinajstić information content (AvgIpc) is 3.30. The highest BCUT2D eigenvalue weighted by molar-refractivity contribution is 14.0. The SMILES string of the molecule is CN=C(NCCCOC1CCOC1)NCc1ccc(N(C)C2CCCCC2)cc1.I. The van der Waals surface area contributed by atoms with Gasteiger partial charge in [-0.05, 0) is 43.4 Å². The van der Waals surface area contributed by atoms with Gasteiger partial charge in [-0.15, -0.1) is 24.0 Å². The van der Waals surface area contributed by atoms with Crippen LogP contribution in [0, 0.1) is 0 Å². The van der Waals surface area contributed by atoms with Gasteiger partial charge in [0.05, 0.1) is 12.7 Å². The molecule has 30 heavy (non-hydrogen) atoms. The molecule has 1 heterocycles. The van der Waals surface area contributed by atoms with Gasteiger partial charge in [-0.3, -0.25) is 4.99 Å². The normalized spacial score (nSPS) is 19.9. The van der Waals surface area contributed by atoms with E-state index in [2.05, 4.69) is 51.8 Å². The summed E-state index contributed by atoms with van der Waals surface area (Å²) in [5.41, 5.74) is 2.58. The van der Waals surface area contributed by atoms with Crippen molar-refractivity contribution in [3.05, 3.63) is 29.8 Å². The van der Waals surface area contributed by atoms with Gasteiger partial charge in [0.1, 0.15) is 0 Å². The zero-order valence-corrected chi connectivity index (χ0v) is 20.9. The van der Waals surface area contributed by atoms with Crippen LogP contribution in [-0.4, -0.2) is 58.6 Å². The van der Waals surface area contributed by atoms with Crippen LogP contribution in [0.5, 0.6) is 0 Å². The van der Waals surface area contributed by atoms with E-state index >= 15 is 0 Å². The number of nitrogens with zero attached hydrogens (tertiary/aromatic N) is 2. The summed E-state index contributed by atoms with van der Waals surface area (Å²) < 4.78 is 11.1. The van der Waals surface area contributed by atoms with Crippen molar-refractivity contribution in [2.45, 2.75) is 63.6 Å². The highest BCUT2D eigenvalue weighted by Crippen LogP contribution is 2.26. The minimum absolute atomic E-state index is 0. The Bertz CT molecular complexity index is 614. The summed E-state index contributed by atoms with van der Waals surface area (Å²) in [6.45, 7) is 3.94. The van der Waals surface area contributed by atoms with Gasteiger partial charge in [-0.25, -0.2) is 0 Å². The molecule has 170 valence electrons. The second kappa shape index (κ2) is 14.1. The predicted molar refractivity (Wildman–Crippen MR) is 135 cm³/mol. The van der Waals surface area contributed by atoms with E-state index in [1.807, 2.05) is 7.05 Å². The zero-order valence-electron chi connectivity index (χ0n) is 18.6. The van der Waals surface area contributed by atoms with Gasteiger partial charge in [0.2, 0.25) is 0 Å². The van der Waals surface area contributed by atoms with E-state index in [1.54, 1.807) is 0 Å². The predicted octanol–water partition coefficient (Wildman–Crippen LogP) is 3.93. The number of benzene rings is 1. The number of rotatable bonds is 9. The topological polar surface area (TPSA) is 58.1 Å². The Morgan fingerprint density at radius 3 is 2.57 bits per heavy atom. The number of hydrogen-bond acceptors (Lipinski definition) is 4. The van der Waals surface area contributed by atoms with Crippen molar-refractivity contribution in [2.75, 3.05) is 45.4 Å². The minimum atomic E-state index is 0. The third-order valence-corrected chi connectivity index (χ3v) is 6.00. The smallest absolute Gasteiger partial charge is 0.191 e. The number of anilines is 1. The van der Waals surface area contributed by atoms with Gasteiger partial charge >= 0.3 is 0 Å². The molecule has 1 aliphatic heterocycles. The first-order chi connectivity index (χ1) is 14.3. The molecule has 0 spiro atoms. The van der Waals surface area contributed by atoms with Crippen molar-refractivity contribution in [1.82, 2.24) is 10.6 Å². The van der Waals surface area contributed by atoms with Crippen LogP contribution >= 0.6 is 24.0 Å². The lowest BCUT2D eigenvalue weighted by atomic mass is 9.94. The van der Waals surface area contributed by atoms with Crippen LogP contribution in [-0.2, 0) is 16.0 Å². The molecule has 1 unspecified atom stereocenters. The molecule has 2 N–H and O–H groups in total. The molecule has 2 fully saturated rings. The Kier molecular flexibility index (Phi) is 11.8. The molecule has 0 bridgehead atoms. The second-order valence-electron chi connectivity index (χ2n) is 8.13. The first-order valence-corrected chi connectivity index (χ1v) is 11.2. The lowest BCUT2D eigenvalue weighted by Gasteiger charge is -2.33. The lowest BCUT2D eigenvalue weighted by molar-refractivity contribution is 0.0420. The standard InChI is InChI=1S/C23H38N4O2.HI/c1-24-23(25-14-6-15-29-22-13-16-28-18-22)26-17-19-9-11-21(12-10-19)27(2)20-7-4-3-5-8-20;/h9-12,20,22H,3-8,13-18H2,1-2H3,(H2,24,25,26);1H. The summed E-state index contributed by atoms with van der Waals surface area (Å²) in [5.74, 6) is 0.831. The van der Waals surface area contributed by atoms with Crippen LogP contribution in [0.4, 0.5) is 5.69 Å². The first-order valence-electron chi connectivity index (χ1n) is 11.2. The van der Waals surface area contributed by atoms with Gasteiger partial charge < -0.3 is 25.0 Å². The molecule has 1 aromatic rings. The molecule has 1 atom stereocenters. The number of hydrogen-bond donors (Lipinski definition) is 2. The van der Waals surface area contributed by atoms with Crippen molar-refractivity contribution < 1.29 is 9.47 Å². The van der Waals surface area contributed by atoms with Crippen molar-refractivity contribution in [3.8, 4) is 0 Å². The van der Waals surface area contributed by atoms with Crippen molar-refractivity contribution in [2.24, 2.45) is 4.99 Å². The Balaban J connectivity index is 0.00000320. The fourth-order valence-electron chi connectivity index (χ4n) is 4.11. The van der Waals surface area contributed by atoms with E-state index in [-0.39, 0.29) is 30.1 Å². The Labute approximate surface area is 199 Å². The Hall–Kier alpha value is -1.06. The van der Waals surface area contributed by atoms with E-state index in [0.717, 1.165) is 51.7 Å². The molecular formula is C23H39IN4O2. The minimum Gasteiger partial charge on any atom is -0.379 e. The van der Waals surface area contributed by atoms with Crippen molar-refractivity contribution in [1.29, 1.82) is 0 Å². The fraction of sp³-hybridized carbons (Fsp3) is 0.696. The number of ether oxygens (including phenoxy) is 2. The van der Waals surface area contributed by atoms with E-state index in [4.69, 9.17) is 9.47 Å². The number of aliphatic imine (C=N–C) groups is 1. The number of halogens is 1. The summed E-state index contributed by atoms with van der Waals surface area (Å²) >= 11 is 0. The molecule has 1 saturated carbocycles. The Morgan fingerprint density at radius 1 is 1.13 bits per heavy atom. The van der Waals surface area contributed by atoms with E-state index in [9.17, 15) is 0 Å². The quantitative estimate of drug-likeness (QED) is 0.219. The molecule has 3 rings (SSSR count). The molecule has 0 amide bonds. The molecular weight excluding hydrogens is 491 g/mol. The van der Waals surface area contributed by atoms with Crippen LogP contribution in [0.15, 0.2) is 29.3 Å². The van der Waals surface area contributed by atoms with Crippen molar-refractivity contribution >= 4 is 35.6 Å². The van der Waals surface area contributed by atoms with Gasteiger partial charge in [0, 0.05) is 52.1 Å². The number of nitrogens with one attached hydrogen (secondary N) is 2. The summed E-state index contributed by atoms with van der Waals surface area (Å²) in [4.78, 5) is 6.77. The van der Waals surface area contributed by atoms with Gasteiger partial charge in [-0.1, -0.05) is 31.4 Å². The summed E-state index contributed by atoms with van der Waals surface area (Å²) in [7, 11) is 4.04. The fourth-order valence-corrected chi connectivity index (χ4v) is 4.11. The summed E-state index contributed by atoms with van der Waals surface area (Å²) in [6, 6.07) is 9.61. The summed E-state index contributed by atoms with van der Waals surface area (Å²) in [5, 5.41) is 6.75. The number of guanidine groups is 1. The molecule has 1 aliphatic carbocycles. The maximum Gasteiger partial charge on any atom is 0.191 e. The van der Waals surface area contributed by atoms with Crippen LogP contribution < -0.4 is 15.5 Å². The van der Waals surface area contributed by atoms with Gasteiger partial charge in [0.15, 0.2) is 5.96 Å². The third kappa shape index (κ3) is 8.23. The third-order valence-electron chi connectivity index (χ3n) is 6.00. The molecule has 2 aliphatic rings. The Morgan fingerprint density at radius 2 is 1.90 bits per heavy atom. The van der Waals surface area contributed by atoms with Crippen molar-refractivity contribution in [3.63, 3.8) is 0 Å². The van der Waals surface area contributed by atoms with E-state index < -0.39 is 0 Å². The molecule has 7 heteroatoms. The van der Waals surface area contributed by atoms with E-state index in [1.165, 1.54) is 43.4 Å². The molecule has 1 saturated heterocycles. The maximum absolute atomic E-state index is 5.79. The van der Waals surface area contributed by atoms with Gasteiger partial charge in [0.25, 0.3) is 0 Å². The monoisotopic (exact) mass is 530 g/mol. The molecule has 0 aromatic heterocycles. The van der Waals surface area contributed by atoms with Crippen LogP contribution in [0.1, 0.15) is 50.5 Å². The van der Waals surface area contributed by atoms with Crippen LogP contribution in [0.2, 0.25) is 0 Å². The highest BCUT2D eigenvalue weighted by Gasteiger charge is 2.18. The maximum atomic E-state index is 5.79. The largest absolute Gasteiger partial charge is 0.379 e. The first kappa shape index (κ1) is 25.2. The van der Waals surface area contributed by atoms with E-state index in [0.29, 0.717) is 6.04 Å². The van der Waals surface area contributed by atoms with Crippen LogP contribution in [0.25, 0.3) is 0 Å². The lowest BCUT2D eigenvalue weighted by Crippen LogP contribution is -2.37. The van der Waals surface area contributed by atoms with Crippen LogP contribution in [0.3, 0.4) is 0 Å². The molecule has 1 aromatic carbocycles. The average molecular weight is 530 g/mol. The van der Waals surface area contributed by atoms with Gasteiger partial charge in [-0.2, -0.15) is 0 Å². The summed E-state index contributed by atoms with van der Waals surface area (Å²) in [6.07, 6.45) is 9.03. The highest BCUT2D eigenvalue weighted by atomic mass is 127. The zero-order chi connectivity index (χ0) is 20.3. The second-order valence-corrected chi connectivity index (χ2v) is 8.13. The molecule has 6 nitrogen and oxygen atoms in total. The molecule has 0 radical (unpaired) electrons.